The van der Waals surface area contributed by atoms with Gasteiger partial charge in [-0.3, -0.25) is 0 Å². The highest BCUT2D eigenvalue weighted by atomic mass is 14.9. The number of nitrogens with one attached hydrogen (secondary N) is 1. The average Bonchev–Trinajstić information content (AvgIpc) is 2.39. The zero-order valence-corrected chi connectivity index (χ0v) is 11.0. The molecule has 0 spiro atoms. The summed E-state index contributed by atoms with van der Waals surface area (Å²) in [5, 5.41) is 5.94. The first-order valence-electron chi connectivity index (χ1n) is 6.18. The Labute approximate surface area is 107 Å². The van der Waals surface area contributed by atoms with Crippen molar-refractivity contribution in [1.29, 1.82) is 0 Å². The highest BCUT2D eigenvalue weighted by Gasteiger charge is 2.21. The Morgan fingerprint density at radius 1 is 1.00 bits per heavy atom. The van der Waals surface area contributed by atoms with E-state index in [4.69, 9.17) is 0 Å². The van der Waals surface area contributed by atoms with Crippen LogP contribution in [0.25, 0.3) is 16.8 Å². The normalized spacial score (nSPS) is 12.9. The van der Waals surface area contributed by atoms with Crippen LogP contribution < -0.4 is 5.32 Å². The third-order valence-corrected chi connectivity index (χ3v) is 3.51. The van der Waals surface area contributed by atoms with Gasteiger partial charge in [0, 0.05) is 24.2 Å². The molecule has 0 saturated carbocycles. The van der Waals surface area contributed by atoms with Gasteiger partial charge in [0.2, 0.25) is 5.71 Å². The molecular weight excluding hydrogens is 220 g/mol. The van der Waals surface area contributed by atoms with Crippen molar-refractivity contribution < 1.29 is 4.58 Å². The van der Waals surface area contributed by atoms with E-state index in [1.54, 1.807) is 0 Å². The van der Waals surface area contributed by atoms with E-state index in [1.807, 2.05) is 7.05 Å². The number of rotatable bonds is 1. The second-order valence-corrected chi connectivity index (χ2v) is 4.80. The van der Waals surface area contributed by atoms with Gasteiger partial charge in [0.1, 0.15) is 14.1 Å². The quantitative estimate of drug-likeness (QED) is 0.754. The Morgan fingerprint density at radius 2 is 1.83 bits per heavy atom. The minimum Gasteiger partial charge on any atom is -0.387 e. The molecule has 0 aromatic heterocycles. The molecule has 0 saturated heterocycles. The molecule has 2 nitrogen and oxygen atoms in total. The van der Waals surface area contributed by atoms with Crippen LogP contribution in [0.1, 0.15) is 11.1 Å². The molecular formula is C16H17N2+. The minimum absolute atomic E-state index is 1.18. The van der Waals surface area contributed by atoms with Crippen molar-refractivity contribution in [3.63, 3.8) is 0 Å². The summed E-state index contributed by atoms with van der Waals surface area (Å²) in [7, 11) is 6.16. The van der Waals surface area contributed by atoms with Gasteiger partial charge in [0.05, 0.1) is 5.56 Å². The Kier molecular flexibility index (Phi) is 2.44. The molecule has 18 heavy (non-hydrogen) atoms. The summed E-state index contributed by atoms with van der Waals surface area (Å²) < 4.78 is 2.17. The fourth-order valence-electron chi connectivity index (χ4n) is 2.65. The number of anilines is 1. The van der Waals surface area contributed by atoms with Crippen molar-refractivity contribution >= 4 is 28.2 Å². The SMILES string of the molecule is CNc1ccc2cccc3c2c1C(=[N+](C)C)C=C3. The maximum absolute atomic E-state index is 3.30. The van der Waals surface area contributed by atoms with E-state index in [0.717, 1.165) is 0 Å². The van der Waals surface area contributed by atoms with Crippen LogP contribution in [0.15, 0.2) is 36.4 Å². The maximum Gasteiger partial charge on any atom is 0.209 e. The molecule has 0 unspecified atom stereocenters. The number of nitrogens with zero attached hydrogens (tertiary/aromatic N) is 1. The van der Waals surface area contributed by atoms with Gasteiger partial charge in [0.25, 0.3) is 0 Å². The largest absolute Gasteiger partial charge is 0.387 e. The summed E-state index contributed by atoms with van der Waals surface area (Å²) >= 11 is 0. The van der Waals surface area contributed by atoms with Gasteiger partial charge < -0.3 is 5.32 Å². The molecule has 1 aliphatic carbocycles. The smallest absolute Gasteiger partial charge is 0.209 e. The third kappa shape index (κ3) is 1.46. The van der Waals surface area contributed by atoms with Crippen molar-refractivity contribution in [3.8, 4) is 0 Å². The van der Waals surface area contributed by atoms with Crippen molar-refractivity contribution in [2.75, 3.05) is 26.5 Å². The Morgan fingerprint density at radius 3 is 2.56 bits per heavy atom. The summed E-state index contributed by atoms with van der Waals surface area (Å²) in [5.41, 5.74) is 5.04. The summed E-state index contributed by atoms with van der Waals surface area (Å²) in [4.78, 5) is 0. The molecule has 0 bridgehead atoms. The second-order valence-electron chi connectivity index (χ2n) is 4.80. The van der Waals surface area contributed by atoms with E-state index in [0.29, 0.717) is 0 Å². The monoisotopic (exact) mass is 237 g/mol. The van der Waals surface area contributed by atoms with Crippen LogP contribution >= 0.6 is 0 Å². The topological polar surface area (TPSA) is 15.0 Å². The Balaban J connectivity index is 2.51. The average molecular weight is 237 g/mol. The number of hydrogen-bond donors (Lipinski definition) is 1. The standard InChI is InChI=1S/C16H16N2/c1-17-13-9-7-11-5-4-6-12-8-10-14(18(2)3)16(13)15(11)12/h4-10H,1-3H3/p+1. The van der Waals surface area contributed by atoms with Gasteiger partial charge in [-0.15, -0.1) is 0 Å². The van der Waals surface area contributed by atoms with Gasteiger partial charge in [-0.1, -0.05) is 24.3 Å². The lowest BCUT2D eigenvalue weighted by Crippen LogP contribution is -2.16. The van der Waals surface area contributed by atoms with Crippen LogP contribution in [0.2, 0.25) is 0 Å². The van der Waals surface area contributed by atoms with Crippen molar-refractivity contribution in [1.82, 2.24) is 0 Å². The predicted molar refractivity (Wildman–Crippen MR) is 78.7 cm³/mol. The van der Waals surface area contributed by atoms with E-state index in [9.17, 15) is 0 Å². The van der Waals surface area contributed by atoms with Crippen LogP contribution in [0, 0.1) is 0 Å². The molecule has 2 heteroatoms. The van der Waals surface area contributed by atoms with E-state index < -0.39 is 0 Å². The van der Waals surface area contributed by atoms with Crippen molar-refractivity contribution in [2.45, 2.75) is 0 Å². The first-order chi connectivity index (χ1) is 8.72. The molecule has 0 radical (unpaired) electrons. The Hall–Kier alpha value is -2.09. The fraction of sp³-hybridized carbons (Fsp3) is 0.188. The summed E-state index contributed by atoms with van der Waals surface area (Å²) in [6.07, 6.45) is 4.39. The Bertz CT molecular complexity index is 690. The molecule has 2 aromatic carbocycles. The zero-order valence-electron chi connectivity index (χ0n) is 11.0. The van der Waals surface area contributed by atoms with E-state index in [-0.39, 0.29) is 0 Å². The molecule has 0 aliphatic heterocycles. The molecule has 0 heterocycles. The van der Waals surface area contributed by atoms with Gasteiger partial charge in [-0.05, 0) is 23.1 Å². The van der Waals surface area contributed by atoms with Crippen LogP contribution in [0.5, 0.6) is 0 Å². The third-order valence-electron chi connectivity index (χ3n) is 3.51. The first-order valence-corrected chi connectivity index (χ1v) is 6.18. The number of allylic oxidation sites excluding steroid dienone is 1. The summed E-state index contributed by atoms with van der Waals surface area (Å²) in [5.74, 6) is 0. The van der Waals surface area contributed by atoms with E-state index in [2.05, 4.69) is 66.5 Å². The molecule has 2 aromatic rings. The lowest BCUT2D eigenvalue weighted by atomic mass is 9.90. The van der Waals surface area contributed by atoms with Crippen LogP contribution in [0.3, 0.4) is 0 Å². The van der Waals surface area contributed by atoms with Gasteiger partial charge in [-0.25, -0.2) is 4.58 Å². The predicted octanol–water partition coefficient (Wildman–Crippen LogP) is 2.97. The summed E-state index contributed by atoms with van der Waals surface area (Å²) in [6.45, 7) is 0. The molecule has 0 atom stereocenters. The van der Waals surface area contributed by atoms with Gasteiger partial charge in [-0.2, -0.15) is 0 Å². The highest BCUT2D eigenvalue weighted by molar-refractivity contribution is 6.23. The second kappa shape index (κ2) is 3.98. The number of benzene rings is 2. The van der Waals surface area contributed by atoms with Gasteiger partial charge >= 0.3 is 0 Å². The van der Waals surface area contributed by atoms with Crippen molar-refractivity contribution in [2.24, 2.45) is 0 Å². The van der Waals surface area contributed by atoms with E-state index >= 15 is 0 Å². The highest BCUT2D eigenvalue weighted by Crippen LogP contribution is 2.33. The molecule has 0 amide bonds. The molecule has 0 fully saturated rings. The van der Waals surface area contributed by atoms with Crippen LogP contribution in [-0.4, -0.2) is 31.4 Å². The van der Waals surface area contributed by atoms with Crippen molar-refractivity contribution in [3.05, 3.63) is 47.5 Å². The van der Waals surface area contributed by atoms with E-state index in [1.165, 1.54) is 33.3 Å². The van der Waals surface area contributed by atoms with Crippen LogP contribution in [0.4, 0.5) is 5.69 Å². The fourth-order valence-corrected chi connectivity index (χ4v) is 2.65. The molecule has 3 rings (SSSR count). The minimum atomic E-state index is 1.18. The summed E-state index contributed by atoms with van der Waals surface area (Å²) in [6, 6.07) is 10.8. The van der Waals surface area contributed by atoms with Gasteiger partial charge in [0.15, 0.2) is 0 Å². The lowest BCUT2D eigenvalue weighted by molar-refractivity contribution is -0.462. The molecule has 1 N–H and O–H groups in total. The zero-order chi connectivity index (χ0) is 12.7. The first kappa shape index (κ1) is 11.0. The maximum atomic E-state index is 3.30. The lowest BCUT2D eigenvalue weighted by Gasteiger charge is -2.16. The molecule has 1 aliphatic rings. The molecule has 90 valence electrons. The van der Waals surface area contributed by atoms with Crippen LogP contribution in [-0.2, 0) is 0 Å². The number of hydrogen-bond acceptors (Lipinski definition) is 1.